The molecule has 3 nitrogen and oxygen atoms in total. The summed E-state index contributed by atoms with van der Waals surface area (Å²) in [6, 6.07) is 6.30. The summed E-state index contributed by atoms with van der Waals surface area (Å²) in [4.78, 5) is 10.3. The molecule has 1 aromatic rings. The van der Waals surface area contributed by atoms with E-state index in [9.17, 15) is 4.79 Å². The maximum Gasteiger partial charge on any atom is 0.303 e. The molecule has 0 saturated carbocycles. The fraction of sp³-hybridized carbons (Fsp3) is 0.462. The van der Waals surface area contributed by atoms with Crippen molar-refractivity contribution in [1.82, 2.24) is 0 Å². The lowest BCUT2D eigenvalue weighted by Gasteiger charge is -2.09. The number of hydrogen-bond acceptors (Lipinski definition) is 2. The van der Waals surface area contributed by atoms with Crippen molar-refractivity contribution >= 4 is 11.7 Å². The highest BCUT2D eigenvalue weighted by Crippen LogP contribution is 2.16. The predicted molar refractivity (Wildman–Crippen MR) is 65.9 cm³/mol. The van der Waals surface area contributed by atoms with Crippen molar-refractivity contribution in [2.45, 2.75) is 33.1 Å². The summed E-state index contributed by atoms with van der Waals surface area (Å²) in [6.45, 7) is 4.96. The second-order valence-corrected chi connectivity index (χ2v) is 4.10. The number of carbonyl (C=O) groups is 1. The number of carboxylic acid groups (broad SMARTS) is 1. The first kappa shape index (κ1) is 12.6. The molecule has 0 saturated heterocycles. The molecule has 2 N–H and O–H groups in total. The van der Waals surface area contributed by atoms with Crippen molar-refractivity contribution < 1.29 is 9.90 Å². The lowest BCUT2D eigenvalue weighted by atomic mass is 10.1. The first-order chi connectivity index (χ1) is 7.59. The molecular formula is C13H19NO2. The lowest BCUT2D eigenvalue weighted by Crippen LogP contribution is -2.04. The van der Waals surface area contributed by atoms with Crippen molar-refractivity contribution in [3.05, 3.63) is 29.3 Å². The van der Waals surface area contributed by atoms with E-state index in [1.54, 1.807) is 0 Å². The number of nitrogens with one attached hydrogen (secondary N) is 1. The van der Waals surface area contributed by atoms with Crippen LogP contribution in [0.3, 0.4) is 0 Å². The van der Waals surface area contributed by atoms with E-state index in [0.717, 1.165) is 25.1 Å². The highest BCUT2D eigenvalue weighted by Gasteiger charge is 1.99. The van der Waals surface area contributed by atoms with Crippen LogP contribution in [0.1, 0.15) is 30.4 Å². The Morgan fingerprint density at radius 1 is 1.31 bits per heavy atom. The van der Waals surface area contributed by atoms with Gasteiger partial charge in [0.2, 0.25) is 0 Å². The number of unbranched alkanes of at least 4 members (excludes halogenated alkanes) is 1. The maximum atomic E-state index is 10.3. The largest absolute Gasteiger partial charge is 0.481 e. The monoisotopic (exact) mass is 221 g/mol. The van der Waals surface area contributed by atoms with E-state index in [1.807, 2.05) is 0 Å². The third kappa shape index (κ3) is 4.34. The minimum Gasteiger partial charge on any atom is -0.481 e. The lowest BCUT2D eigenvalue weighted by molar-refractivity contribution is -0.137. The second-order valence-electron chi connectivity index (χ2n) is 4.10. The number of aliphatic carboxylic acids is 1. The van der Waals surface area contributed by atoms with Gasteiger partial charge in [-0.05, 0) is 43.9 Å². The zero-order valence-corrected chi connectivity index (χ0v) is 9.92. The molecule has 0 radical (unpaired) electrons. The number of carboxylic acids is 1. The molecule has 0 aliphatic carbocycles. The maximum absolute atomic E-state index is 10.3. The van der Waals surface area contributed by atoms with Gasteiger partial charge in [0.25, 0.3) is 0 Å². The Labute approximate surface area is 96.5 Å². The van der Waals surface area contributed by atoms with Crippen LogP contribution in [0.2, 0.25) is 0 Å². The Bertz CT molecular complexity index is 361. The summed E-state index contributed by atoms with van der Waals surface area (Å²) >= 11 is 0. The molecular weight excluding hydrogens is 202 g/mol. The molecule has 0 aliphatic rings. The minimum absolute atomic E-state index is 0.258. The van der Waals surface area contributed by atoms with E-state index >= 15 is 0 Å². The zero-order chi connectivity index (χ0) is 12.0. The van der Waals surface area contributed by atoms with Crippen LogP contribution in [0.5, 0.6) is 0 Å². The van der Waals surface area contributed by atoms with E-state index in [0.29, 0.717) is 0 Å². The van der Waals surface area contributed by atoms with Crippen LogP contribution in [0.15, 0.2) is 18.2 Å². The normalized spacial score (nSPS) is 10.1. The molecule has 3 heteroatoms. The van der Waals surface area contributed by atoms with Gasteiger partial charge in [-0.2, -0.15) is 0 Å². The molecule has 0 heterocycles. The van der Waals surface area contributed by atoms with Crippen LogP contribution in [0.4, 0.5) is 5.69 Å². The third-order valence-electron chi connectivity index (χ3n) is 2.53. The van der Waals surface area contributed by atoms with Crippen molar-refractivity contribution in [1.29, 1.82) is 0 Å². The fourth-order valence-electron chi connectivity index (χ4n) is 1.55. The zero-order valence-electron chi connectivity index (χ0n) is 9.92. The summed E-state index contributed by atoms with van der Waals surface area (Å²) < 4.78 is 0. The molecule has 0 spiro atoms. The molecule has 0 amide bonds. The summed E-state index contributed by atoms with van der Waals surface area (Å²) in [6.07, 6.45) is 1.88. The van der Waals surface area contributed by atoms with Gasteiger partial charge in [-0.1, -0.05) is 12.1 Å². The van der Waals surface area contributed by atoms with Gasteiger partial charge in [-0.25, -0.2) is 0 Å². The summed E-state index contributed by atoms with van der Waals surface area (Å²) in [5, 5.41) is 11.8. The van der Waals surface area contributed by atoms with Crippen LogP contribution in [0.25, 0.3) is 0 Å². The van der Waals surface area contributed by atoms with Crippen LogP contribution in [0, 0.1) is 13.8 Å². The number of rotatable bonds is 6. The molecule has 1 rings (SSSR count). The summed E-state index contributed by atoms with van der Waals surface area (Å²) in [5.41, 5.74) is 3.61. The molecule has 0 aromatic heterocycles. The Kier molecular flexibility index (Phi) is 4.83. The number of aryl methyl sites for hydroxylation is 2. The van der Waals surface area contributed by atoms with Gasteiger partial charge >= 0.3 is 5.97 Å². The molecule has 0 aliphatic heterocycles. The van der Waals surface area contributed by atoms with Crippen LogP contribution < -0.4 is 5.32 Å². The van der Waals surface area contributed by atoms with Gasteiger partial charge in [0.15, 0.2) is 0 Å². The Morgan fingerprint density at radius 2 is 2.06 bits per heavy atom. The minimum atomic E-state index is -0.716. The fourth-order valence-corrected chi connectivity index (χ4v) is 1.55. The Hall–Kier alpha value is -1.51. The topological polar surface area (TPSA) is 49.3 Å². The molecule has 0 unspecified atom stereocenters. The average molecular weight is 221 g/mol. The van der Waals surface area contributed by atoms with E-state index in [1.165, 1.54) is 11.1 Å². The summed E-state index contributed by atoms with van der Waals surface area (Å²) in [7, 11) is 0. The van der Waals surface area contributed by atoms with Gasteiger partial charge in [0.1, 0.15) is 0 Å². The highest BCUT2D eigenvalue weighted by atomic mass is 16.4. The predicted octanol–water partition coefficient (Wildman–Crippen LogP) is 2.97. The molecule has 0 atom stereocenters. The van der Waals surface area contributed by atoms with Crippen LogP contribution >= 0.6 is 0 Å². The van der Waals surface area contributed by atoms with Gasteiger partial charge in [0.05, 0.1) is 0 Å². The van der Waals surface area contributed by atoms with Crippen LogP contribution in [-0.4, -0.2) is 17.6 Å². The Morgan fingerprint density at radius 3 is 2.75 bits per heavy atom. The third-order valence-corrected chi connectivity index (χ3v) is 2.53. The Balaban J connectivity index is 2.31. The summed E-state index contributed by atoms with van der Waals surface area (Å²) in [5.74, 6) is -0.716. The smallest absolute Gasteiger partial charge is 0.303 e. The van der Waals surface area contributed by atoms with E-state index in [4.69, 9.17) is 5.11 Å². The number of benzene rings is 1. The van der Waals surface area contributed by atoms with Gasteiger partial charge < -0.3 is 10.4 Å². The first-order valence-corrected chi connectivity index (χ1v) is 5.62. The SMILES string of the molecule is Cc1ccc(C)c(NCCCCC(=O)O)c1. The first-order valence-electron chi connectivity index (χ1n) is 5.62. The van der Waals surface area contributed by atoms with E-state index < -0.39 is 5.97 Å². The molecule has 0 fully saturated rings. The molecule has 88 valence electrons. The van der Waals surface area contributed by atoms with E-state index in [-0.39, 0.29) is 6.42 Å². The number of anilines is 1. The quantitative estimate of drug-likeness (QED) is 0.726. The van der Waals surface area contributed by atoms with Gasteiger partial charge in [-0.15, -0.1) is 0 Å². The highest BCUT2D eigenvalue weighted by molar-refractivity contribution is 5.66. The van der Waals surface area contributed by atoms with Crippen molar-refractivity contribution in [3.63, 3.8) is 0 Å². The van der Waals surface area contributed by atoms with Gasteiger partial charge in [0, 0.05) is 18.7 Å². The molecule has 1 aromatic carbocycles. The molecule has 16 heavy (non-hydrogen) atoms. The van der Waals surface area contributed by atoms with Crippen molar-refractivity contribution in [3.8, 4) is 0 Å². The number of hydrogen-bond donors (Lipinski definition) is 2. The second kappa shape index (κ2) is 6.16. The molecule has 0 bridgehead atoms. The van der Waals surface area contributed by atoms with Gasteiger partial charge in [-0.3, -0.25) is 4.79 Å². The van der Waals surface area contributed by atoms with E-state index in [2.05, 4.69) is 37.4 Å². The average Bonchev–Trinajstić information content (AvgIpc) is 2.22. The standard InChI is InChI=1S/C13H19NO2/c1-10-6-7-11(2)12(9-10)14-8-4-3-5-13(15)16/h6-7,9,14H,3-5,8H2,1-2H3,(H,15,16). The van der Waals surface area contributed by atoms with Crippen molar-refractivity contribution in [2.24, 2.45) is 0 Å². The van der Waals surface area contributed by atoms with Crippen molar-refractivity contribution in [2.75, 3.05) is 11.9 Å². The van der Waals surface area contributed by atoms with Crippen LogP contribution in [-0.2, 0) is 4.79 Å².